The number of rotatable bonds is 10. The monoisotopic (exact) mass is 614 g/mol. The van der Waals surface area contributed by atoms with Crippen molar-refractivity contribution in [3.8, 4) is 11.5 Å². The van der Waals surface area contributed by atoms with Gasteiger partial charge in [-0.15, -0.1) is 0 Å². The maximum Gasteiger partial charge on any atom is 0.322 e. The number of benzene rings is 2. The van der Waals surface area contributed by atoms with Gasteiger partial charge in [0.1, 0.15) is 11.5 Å². The van der Waals surface area contributed by atoms with E-state index < -0.39 is 10.0 Å². The van der Waals surface area contributed by atoms with Crippen LogP contribution >= 0.6 is 0 Å². The Morgan fingerprint density at radius 2 is 1.59 bits per heavy atom. The smallest absolute Gasteiger partial charge is 0.322 e. The molecule has 0 aliphatic carbocycles. The summed E-state index contributed by atoms with van der Waals surface area (Å²) in [7, 11) is -3.32. The second kappa shape index (κ2) is 13.9. The van der Waals surface area contributed by atoms with Gasteiger partial charge in [0.15, 0.2) is 0 Å². The largest absolute Gasteiger partial charge is 0.457 e. The van der Waals surface area contributed by atoms with Gasteiger partial charge in [0, 0.05) is 43.3 Å². The van der Waals surface area contributed by atoms with Crippen molar-refractivity contribution in [2.24, 2.45) is 0 Å². The van der Waals surface area contributed by atoms with Crippen LogP contribution in [0.15, 0.2) is 85.2 Å². The van der Waals surface area contributed by atoms with Crippen LogP contribution in [-0.4, -0.2) is 59.6 Å². The molecule has 0 saturated carbocycles. The summed E-state index contributed by atoms with van der Waals surface area (Å²) >= 11 is 0. The van der Waals surface area contributed by atoms with E-state index in [1.54, 1.807) is 36.7 Å². The predicted molar refractivity (Wildman–Crippen MR) is 172 cm³/mol. The van der Waals surface area contributed by atoms with Gasteiger partial charge in [-0.05, 0) is 92.4 Å². The Morgan fingerprint density at radius 3 is 2.20 bits per heavy atom. The summed E-state index contributed by atoms with van der Waals surface area (Å²) in [6, 6.07) is 22.4. The third-order valence-corrected chi connectivity index (χ3v) is 8.19. The average Bonchev–Trinajstić information content (AvgIpc) is 3.00. The molecular formula is C33H38N6O4S. The van der Waals surface area contributed by atoms with Crippen molar-refractivity contribution < 1.29 is 17.9 Å². The van der Waals surface area contributed by atoms with Gasteiger partial charge in [-0.25, -0.2) is 13.2 Å². The summed E-state index contributed by atoms with van der Waals surface area (Å²) < 4.78 is 31.2. The molecule has 3 heterocycles. The molecule has 0 radical (unpaired) electrons. The van der Waals surface area contributed by atoms with E-state index in [-0.39, 0.29) is 12.1 Å². The van der Waals surface area contributed by atoms with Crippen molar-refractivity contribution >= 4 is 27.4 Å². The molecular weight excluding hydrogens is 576 g/mol. The molecule has 10 nitrogen and oxygen atoms in total. The maximum absolute atomic E-state index is 13.5. The maximum atomic E-state index is 13.5. The van der Waals surface area contributed by atoms with Gasteiger partial charge in [0.25, 0.3) is 0 Å². The van der Waals surface area contributed by atoms with E-state index in [0.717, 1.165) is 55.7 Å². The van der Waals surface area contributed by atoms with E-state index in [1.807, 2.05) is 55.1 Å². The zero-order chi connectivity index (χ0) is 31.1. The fourth-order valence-electron chi connectivity index (χ4n) is 5.20. The van der Waals surface area contributed by atoms with E-state index in [9.17, 15) is 13.2 Å². The third kappa shape index (κ3) is 8.77. The van der Waals surface area contributed by atoms with Crippen LogP contribution in [0.5, 0.6) is 11.5 Å². The SMILES string of the molecule is Cc1ccc(NC(=O)N(Cc2ncccc2C)C2CCN(Cc3ccc(Oc4ccc(NS(C)(=O)=O)cc4)cc3)CC2)cn1. The van der Waals surface area contributed by atoms with E-state index >= 15 is 0 Å². The second-order valence-electron chi connectivity index (χ2n) is 11.2. The molecule has 44 heavy (non-hydrogen) atoms. The van der Waals surface area contributed by atoms with Crippen LogP contribution in [-0.2, 0) is 23.1 Å². The van der Waals surface area contributed by atoms with Gasteiger partial charge in [0.2, 0.25) is 10.0 Å². The summed E-state index contributed by atoms with van der Waals surface area (Å²) in [5.41, 5.74) is 5.19. The number of aromatic nitrogens is 2. The third-order valence-electron chi connectivity index (χ3n) is 7.58. The van der Waals surface area contributed by atoms with Crippen LogP contribution in [0.25, 0.3) is 0 Å². The number of pyridine rings is 2. The number of hydrogen-bond acceptors (Lipinski definition) is 7. The topological polar surface area (TPSA) is 117 Å². The Bertz CT molecular complexity index is 1650. The van der Waals surface area contributed by atoms with Crippen LogP contribution in [0.4, 0.5) is 16.2 Å². The summed E-state index contributed by atoms with van der Waals surface area (Å²) in [6.07, 6.45) is 6.29. The van der Waals surface area contributed by atoms with Crippen molar-refractivity contribution in [3.63, 3.8) is 0 Å². The van der Waals surface area contributed by atoms with E-state index in [4.69, 9.17) is 4.74 Å². The number of carbonyl (C=O) groups is 1. The highest BCUT2D eigenvalue weighted by Crippen LogP contribution is 2.26. The molecule has 4 aromatic rings. The Morgan fingerprint density at radius 1 is 0.932 bits per heavy atom. The van der Waals surface area contributed by atoms with Gasteiger partial charge in [-0.1, -0.05) is 18.2 Å². The highest BCUT2D eigenvalue weighted by molar-refractivity contribution is 7.92. The molecule has 5 rings (SSSR count). The molecule has 11 heteroatoms. The molecule has 0 spiro atoms. The molecule has 230 valence electrons. The van der Waals surface area contributed by atoms with Crippen LogP contribution in [0.3, 0.4) is 0 Å². The first-order valence-corrected chi connectivity index (χ1v) is 16.5. The number of piperidine rings is 1. The fourth-order valence-corrected chi connectivity index (χ4v) is 5.76. The lowest BCUT2D eigenvalue weighted by molar-refractivity contribution is 0.119. The highest BCUT2D eigenvalue weighted by Gasteiger charge is 2.29. The van der Waals surface area contributed by atoms with Gasteiger partial charge in [0.05, 0.1) is 30.4 Å². The lowest BCUT2D eigenvalue weighted by atomic mass is 10.0. The van der Waals surface area contributed by atoms with Crippen LogP contribution < -0.4 is 14.8 Å². The Labute approximate surface area is 259 Å². The predicted octanol–water partition coefficient (Wildman–Crippen LogP) is 5.96. The van der Waals surface area contributed by atoms with Crippen molar-refractivity contribution in [1.29, 1.82) is 0 Å². The number of aryl methyl sites for hydroxylation is 2. The van der Waals surface area contributed by atoms with E-state index in [2.05, 4.69) is 37.0 Å². The molecule has 2 aromatic carbocycles. The molecule has 2 N–H and O–H groups in total. The van der Waals surface area contributed by atoms with Crippen molar-refractivity contribution in [3.05, 3.63) is 108 Å². The number of sulfonamides is 1. The Balaban J connectivity index is 1.17. The number of nitrogens with zero attached hydrogens (tertiary/aromatic N) is 4. The minimum absolute atomic E-state index is 0.0841. The standard InChI is InChI=1S/C33H38N6O4S/c1-24-5-4-18-34-32(24)23-39(33(40)36-28-9-6-25(2)35-21-28)29-16-19-38(20-17-29)22-26-7-12-30(13-8-26)43-31-14-10-27(11-15-31)37-44(3,41)42/h4-15,18,21,29,37H,16-17,19-20,22-23H2,1-3H3,(H,36,40). The molecule has 2 aromatic heterocycles. The molecule has 1 aliphatic heterocycles. The minimum Gasteiger partial charge on any atom is -0.457 e. The summed E-state index contributed by atoms with van der Waals surface area (Å²) in [6.45, 7) is 6.93. The number of carbonyl (C=O) groups excluding carboxylic acids is 1. The second-order valence-corrected chi connectivity index (χ2v) is 12.9. The van der Waals surface area contributed by atoms with Crippen LogP contribution in [0.1, 0.15) is 35.4 Å². The molecule has 0 atom stereocenters. The van der Waals surface area contributed by atoms with E-state index in [1.165, 1.54) is 5.56 Å². The molecule has 1 saturated heterocycles. The lowest BCUT2D eigenvalue weighted by Gasteiger charge is -2.38. The normalized spacial score (nSPS) is 14.2. The average molecular weight is 615 g/mol. The number of urea groups is 1. The van der Waals surface area contributed by atoms with E-state index in [0.29, 0.717) is 29.4 Å². The first-order chi connectivity index (χ1) is 21.1. The Hall–Kier alpha value is -4.48. The molecule has 0 bridgehead atoms. The number of anilines is 2. The first-order valence-electron chi connectivity index (χ1n) is 14.6. The van der Waals surface area contributed by atoms with Gasteiger partial charge in [-0.2, -0.15) is 0 Å². The summed E-state index contributed by atoms with van der Waals surface area (Å²) in [5.74, 6) is 1.32. The lowest BCUT2D eigenvalue weighted by Crippen LogP contribution is -2.48. The van der Waals surface area contributed by atoms with Gasteiger partial charge >= 0.3 is 6.03 Å². The zero-order valence-corrected chi connectivity index (χ0v) is 26.0. The minimum atomic E-state index is -3.32. The highest BCUT2D eigenvalue weighted by atomic mass is 32.2. The first kappa shape index (κ1) is 31.0. The number of ether oxygens (including phenoxy) is 1. The summed E-state index contributed by atoms with van der Waals surface area (Å²) in [5, 5.41) is 3.04. The molecule has 1 aliphatic rings. The van der Waals surface area contributed by atoms with Gasteiger partial charge in [-0.3, -0.25) is 19.6 Å². The van der Waals surface area contributed by atoms with Gasteiger partial charge < -0.3 is 15.0 Å². The van der Waals surface area contributed by atoms with Crippen molar-refractivity contribution in [2.75, 3.05) is 29.4 Å². The fraction of sp³-hybridized carbons (Fsp3) is 0.303. The Kier molecular flexibility index (Phi) is 9.76. The zero-order valence-electron chi connectivity index (χ0n) is 25.2. The van der Waals surface area contributed by atoms with Crippen molar-refractivity contribution in [2.45, 2.75) is 45.8 Å². The van der Waals surface area contributed by atoms with Crippen LogP contribution in [0, 0.1) is 13.8 Å². The van der Waals surface area contributed by atoms with Crippen LogP contribution in [0.2, 0.25) is 0 Å². The number of amides is 2. The number of nitrogens with one attached hydrogen (secondary N) is 2. The number of hydrogen-bond donors (Lipinski definition) is 2. The summed E-state index contributed by atoms with van der Waals surface area (Å²) in [4.78, 5) is 26.7. The number of likely N-dealkylation sites (tertiary alicyclic amines) is 1. The quantitative estimate of drug-likeness (QED) is 0.227. The molecule has 1 fully saturated rings. The molecule has 2 amide bonds. The van der Waals surface area contributed by atoms with Crippen molar-refractivity contribution in [1.82, 2.24) is 19.8 Å². The molecule has 0 unspecified atom stereocenters.